The number of halogens is 1. The van der Waals surface area contributed by atoms with Gasteiger partial charge in [-0.2, -0.15) is 5.10 Å². The Morgan fingerprint density at radius 2 is 1.75 bits per heavy atom. The number of rotatable bonds is 7. The Morgan fingerprint density at radius 1 is 1.14 bits per heavy atom. The van der Waals surface area contributed by atoms with Gasteiger partial charge >= 0.3 is 17.9 Å². The molecule has 1 aliphatic rings. The summed E-state index contributed by atoms with van der Waals surface area (Å²) in [5.41, 5.74) is 5.53. The lowest BCUT2D eigenvalue weighted by Gasteiger charge is -2.23. The molecular weight excluding hydrogens is 398 g/mol. The SMILES string of the molecule is CC(=O)OC[C@H]1O[C@@H](n2nc(C(N)=O)cc2CCl)[C@H](OC(C)=O)[C@@H]1OC(C)=O. The zero-order valence-corrected chi connectivity index (χ0v) is 16.2. The van der Waals surface area contributed by atoms with Crippen LogP contribution in [0.25, 0.3) is 0 Å². The Labute approximate surface area is 165 Å². The van der Waals surface area contributed by atoms with Crippen LogP contribution in [0.1, 0.15) is 43.2 Å². The molecule has 28 heavy (non-hydrogen) atoms. The second-order valence-corrected chi connectivity index (χ2v) is 6.25. The molecule has 1 saturated heterocycles. The lowest BCUT2D eigenvalue weighted by atomic mass is 10.1. The molecule has 2 heterocycles. The number of ether oxygens (including phenoxy) is 4. The van der Waals surface area contributed by atoms with Gasteiger partial charge in [-0.25, -0.2) is 4.68 Å². The molecule has 0 unspecified atom stereocenters. The predicted molar refractivity (Wildman–Crippen MR) is 92.0 cm³/mol. The predicted octanol–water partition coefficient (Wildman–Crippen LogP) is 0.0447. The van der Waals surface area contributed by atoms with E-state index in [1.165, 1.54) is 31.5 Å². The van der Waals surface area contributed by atoms with Crippen LogP contribution in [0, 0.1) is 0 Å². The maximum atomic E-state index is 11.6. The summed E-state index contributed by atoms with van der Waals surface area (Å²) in [6.45, 7) is 3.28. The number of nitrogens with zero attached hydrogens (tertiary/aromatic N) is 2. The van der Waals surface area contributed by atoms with E-state index in [9.17, 15) is 19.2 Å². The van der Waals surface area contributed by atoms with E-state index >= 15 is 0 Å². The van der Waals surface area contributed by atoms with Crippen molar-refractivity contribution in [3.05, 3.63) is 17.5 Å². The van der Waals surface area contributed by atoms with Crippen LogP contribution in [-0.2, 0) is 39.2 Å². The summed E-state index contributed by atoms with van der Waals surface area (Å²) in [6, 6.07) is 1.36. The van der Waals surface area contributed by atoms with Crippen molar-refractivity contribution >= 4 is 35.4 Å². The third kappa shape index (κ3) is 4.98. The van der Waals surface area contributed by atoms with Crippen molar-refractivity contribution in [1.29, 1.82) is 0 Å². The number of nitrogens with two attached hydrogens (primary N) is 1. The van der Waals surface area contributed by atoms with E-state index in [0.29, 0.717) is 5.69 Å². The van der Waals surface area contributed by atoms with E-state index in [1.807, 2.05) is 0 Å². The Balaban J connectivity index is 2.45. The molecule has 1 amide bonds. The lowest BCUT2D eigenvalue weighted by molar-refractivity contribution is -0.166. The van der Waals surface area contributed by atoms with Gasteiger partial charge in [-0.05, 0) is 6.07 Å². The summed E-state index contributed by atoms with van der Waals surface area (Å²) in [4.78, 5) is 45.8. The number of amides is 1. The van der Waals surface area contributed by atoms with Crippen molar-refractivity contribution in [2.45, 2.75) is 51.2 Å². The Hall–Kier alpha value is -2.66. The van der Waals surface area contributed by atoms with E-state index in [2.05, 4.69) is 5.10 Å². The van der Waals surface area contributed by atoms with Crippen LogP contribution in [0.4, 0.5) is 0 Å². The van der Waals surface area contributed by atoms with Gasteiger partial charge in [0.2, 0.25) is 0 Å². The molecule has 0 saturated carbocycles. The van der Waals surface area contributed by atoms with Gasteiger partial charge in [-0.3, -0.25) is 19.2 Å². The van der Waals surface area contributed by atoms with Crippen LogP contribution >= 0.6 is 11.6 Å². The molecule has 0 aromatic carbocycles. The molecule has 0 spiro atoms. The highest BCUT2D eigenvalue weighted by Crippen LogP contribution is 2.35. The van der Waals surface area contributed by atoms with Crippen molar-refractivity contribution < 1.29 is 38.1 Å². The quantitative estimate of drug-likeness (QED) is 0.368. The number of carbonyl (C=O) groups excluding carboxylic acids is 4. The summed E-state index contributed by atoms with van der Waals surface area (Å²) >= 11 is 5.91. The molecule has 4 atom stereocenters. The molecule has 1 fully saturated rings. The molecule has 11 nitrogen and oxygen atoms in total. The normalized spacial score (nSPS) is 23.9. The molecule has 1 aliphatic heterocycles. The van der Waals surface area contributed by atoms with Crippen LogP contribution < -0.4 is 5.73 Å². The molecule has 12 heteroatoms. The van der Waals surface area contributed by atoms with E-state index in [1.54, 1.807) is 0 Å². The first-order chi connectivity index (χ1) is 13.1. The van der Waals surface area contributed by atoms with Crippen LogP contribution in [-0.4, -0.2) is 58.5 Å². The summed E-state index contributed by atoms with van der Waals surface area (Å²) < 4.78 is 22.5. The highest BCUT2D eigenvalue weighted by molar-refractivity contribution is 6.17. The van der Waals surface area contributed by atoms with Crippen LogP contribution in [0.3, 0.4) is 0 Å². The fraction of sp³-hybridized carbons (Fsp3) is 0.562. The minimum absolute atomic E-state index is 0.0558. The zero-order valence-electron chi connectivity index (χ0n) is 15.4. The molecule has 0 aliphatic carbocycles. The first kappa shape index (κ1) is 21.6. The Kier molecular flexibility index (Phi) is 6.97. The molecule has 0 bridgehead atoms. The monoisotopic (exact) mass is 417 g/mol. The van der Waals surface area contributed by atoms with Gasteiger partial charge in [-0.15, -0.1) is 11.6 Å². The highest BCUT2D eigenvalue weighted by Gasteiger charge is 2.51. The largest absolute Gasteiger partial charge is 0.463 e. The Bertz CT molecular complexity index is 780. The number of primary amides is 1. The average Bonchev–Trinajstić information content (AvgIpc) is 3.14. The lowest BCUT2D eigenvalue weighted by Crippen LogP contribution is -2.40. The topological polar surface area (TPSA) is 149 Å². The second-order valence-electron chi connectivity index (χ2n) is 5.98. The van der Waals surface area contributed by atoms with E-state index < -0.39 is 48.4 Å². The molecule has 0 radical (unpaired) electrons. The number of aromatic nitrogens is 2. The summed E-state index contributed by atoms with van der Waals surface area (Å²) in [6.07, 6.45) is -4.28. The van der Waals surface area contributed by atoms with Crippen LogP contribution in [0.15, 0.2) is 6.07 Å². The highest BCUT2D eigenvalue weighted by atomic mass is 35.5. The molecule has 1 aromatic heterocycles. The second kappa shape index (κ2) is 9.02. The molecule has 2 N–H and O–H groups in total. The van der Waals surface area contributed by atoms with E-state index in [4.69, 9.17) is 36.3 Å². The average molecular weight is 418 g/mol. The van der Waals surface area contributed by atoms with Crippen molar-refractivity contribution in [3.63, 3.8) is 0 Å². The number of esters is 3. The van der Waals surface area contributed by atoms with Crippen molar-refractivity contribution in [3.8, 4) is 0 Å². The summed E-state index contributed by atoms with van der Waals surface area (Å²) in [5, 5.41) is 4.06. The van der Waals surface area contributed by atoms with Crippen molar-refractivity contribution in [2.75, 3.05) is 6.61 Å². The van der Waals surface area contributed by atoms with Gasteiger partial charge in [0.25, 0.3) is 5.91 Å². The van der Waals surface area contributed by atoms with E-state index in [0.717, 1.165) is 0 Å². The van der Waals surface area contributed by atoms with Gasteiger partial charge in [0.1, 0.15) is 18.4 Å². The van der Waals surface area contributed by atoms with Crippen LogP contribution in [0.5, 0.6) is 0 Å². The standard InChI is InChI=1S/C16H20ClN3O8/c1-7(21)25-6-12-13(26-8(2)22)14(27-9(3)23)16(28-12)20-10(5-17)4-11(19-20)15(18)24/h4,12-14,16H,5-6H2,1-3H3,(H2,18,24)/t12-,13-,14-,16-/m1/s1. The fourth-order valence-corrected chi connectivity index (χ4v) is 2.96. The Morgan fingerprint density at radius 3 is 2.25 bits per heavy atom. The van der Waals surface area contributed by atoms with Crippen LogP contribution in [0.2, 0.25) is 0 Å². The molecular formula is C16H20ClN3O8. The number of hydrogen-bond acceptors (Lipinski definition) is 9. The van der Waals surface area contributed by atoms with Crippen molar-refractivity contribution in [1.82, 2.24) is 9.78 Å². The first-order valence-electron chi connectivity index (χ1n) is 8.21. The first-order valence-corrected chi connectivity index (χ1v) is 8.75. The summed E-state index contributed by atoms with van der Waals surface area (Å²) in [7, 11) is 0. The third-order valence-electron chi connectivity index (χ3n) is 3.78. The molecule has 2 rings (SSSR count). The van der Waals surface area contributed by atoms with Gasteiger partial charge in [-0.1, -0.05) is 0 Å². The zero-order chi connectivity index (χ0) is 21.0. The number of carbonyl (C=O) groups is 4. The maximum absolute atomic E-state index is 11.6. The minimum atomic E-state index is -1.13. The van der Waals surface area contributed by atoms with Crippen molar-refractivity contribution in [2.24, 2.45) is 5.73 Å². The fourth-order valence-electron chi connectivity index (χ4n) is 2.76. The van der Waals surface area contributed by atoms with Gasteiger partial charge in [0.05, 0.1) is 11.6 Å². The van der Waals surface area contributed by atoms with Gasteiger partial charge in [0, 0.05) is 20.8 Å². The summed E-state index contributed by atoms with van der Waals surface area (Å²) in [5.74, 6) is -2.75. The van der Waals surface area contributed by atoms with Gasteiger partial charge in [0.15, 0.2) is 18.4 Å². The minimum Gasteiger partial charge on any atom is -0.463 e. The third-order valence-corrected chi connectivity index (χ3v) is 4.06. The van der Waals surface area contributed by atoms with Gasteiger partial charge < -0.3 is 24.7 Å². The van der Waals surface area contributed by atoms with E-state index in [-0.39, 0.29) is 18.2 Å². The maximum Gasteiger partial charge on any atom is 0.303 e. The smallest absolute Gasteiger partial charge is 0.303 e. The number of alkyl halides is 1. The number of hydrogen-bond donors (Lipinski definition) is 1. The molecule has 154 valence electrons. The molecule has 1 aromatic rings.